The molecule has 2 nitrogen and oxygen atoms in total. The fraction of sp³-hybridized carbons (Fsp3) is 0.0667. The van der Waals surface area contributed by atoms with Crippen molar-refractivity contribution in [1.82, 2.24) is 0 Å². The minimum atomic E-state index is -1.83. The van der Waals surface area contributed by atoms with Crippen LogP contribution in [0.1, 0.15) is 11.1 Å². The summed E-state index contributed by atoms with van der Waals surface area (Å²) in [6.45, 7) is 0. The monoisotopic (exact) mass is 395 g/mol. The first-order chi connectivity index (χ1) is 9.69. The minimum absolute atomic E-state index is 0.816. The second-order valence-electron chi connectivity index (χ2n) is 3.89. The van der Waals surface area contributed by atoms with Crippen LogP contribution in [-0.2, 0) is 13.5 Å². The molecular weight excluding hydrogens is 382 g/mol. The van der Waals surface area contributed by atoms with E-state index in [-0.39, 0.29) is 0 Å². The van der Waals surface area contributed by atoms with Gasteiger partial charge < -0.3 is 0 Å². The predicted molar refractivity (Wildman–Crippen MR) is 83.6 cm³/mol. The van der Waals surface area contributed by atoms with Gasteiger partial charge in [0.05, 0.1) is 0 Å². The summed E-state index contributed by atoms with van der Waals surface area (Å²) in [5, 5.41) is 0. The Bertz CT molecular complexity index is 635. The van der Waals surface area contributed by atoms with Crippen LogP contribution in [0, 0.1) is 0 Å². The molecule has 5 heteroatoms. The summed E-state index contributed by atoms with van der Waals surface area (Å²) in [6.07, 6.45) is 1.82. The Kier molecular flexibility index (Phi) is 5.91. The average molecular weight is 395 g/mol. The molecule has 2 aromatic carbocycles. The number of ether oxygens (including phenoxy) is 1. The SMILES string of the molecule is COc1ccc(N=Cc2ccccc2[CH]=[Ru]([Cl])[Cl])cc1. The Morgan fingerprint density at radius 1 is 1.00 bits per heavy atom. The number of hydrogen-bond donors (Lipinski definition) is 0. The summed E-state index contributed by atoms with van der Waals surface area (Å²) in [7, 11) is 13.5. The number of rotatable bonds is 4. The van der Waals surface area contributed by atoms with Crippen LogP contribution in [0.5, 0.6) is 5.75 Å². The molecule has 106 valence electrons. The number of benzene rings is 2. The number of methoxy groups -OCH3 is 1. The molecule has 0 N–H and O–H groups in total. The average Bonchev–Trinajstić information content (AvgIpc) is 2.46. The van der Waals surface area contributed by atoms with Crippen LogP contribution in [0.4, 0.5) is 5.69 Å². The number of hydrogen-bond acceptors (Lipinski definition) is 2. The number of aliphatic imine (C=N–C) groups is 1. The Labute approximate surface area is 131 Å². The zero-order valence-electron chi connectivity index (χ0n) is 10.7. The van der Waals surface area contributed by atoms with Gasteiger partial charge in [0.2, 0.25) is 0 Å². The van der Waals surface area contributed by atoms with Gasteiger partial charge in [-0.3, -0.25) is 0 Å². The van der Waals surface area contributed by atoms with Crippen LogP contribution < -0.4 is 4.74 Å². The molecule has 0 amide bonds. The molecule has 0 spiro atoms. The van der Waals surface area contributed by atoms with Crippen molar-refractivity contribution in [3.8, 4) is 5.75 Å². The summed E-state index contributed by atoms with van der Waals surface area (Å²) in [5.41, 5.74) is 2.89. The number of nitrogens with zero attached hydrogens (tertiary/aromatic N) is 1. The zero-order valence-corrected chi connectivity index (χ0v) is 14.0. The van der Waals surface area contributed by atoms with E-state index in [2.05, 4.69) is 4.99 Å². The zero-order chi connectivity index (χ0) is 14.4. The summed E-state index contributed by atoms with van der Waals surface area (Å²) < 4.78 is 7.03. The quantitative estimate of drug-likeness (QED) is 0.551. The molecule has 0 saturated heterocycles. The van der Waals surface area contributed by atoms with Crippen molar-refractivity contribution in [2.45, 2.75) is 0 Å². The van der Waals surface area contributed by atoms with E-state index in [9.17, 15) is 0 Å². The molecule has 2 aromatic rings. The molecule has 20 heavy (non-hydrogen) atoms. The van der Waals surface area contributed by atoms with Gasteiger partial charge in [0.1, 0.15) is 0 Å². The molecule has 0 atom stereocenters. The summed E-state index contributed by atoms with van der Waals surface area (Å²) in [5.74, 6) is 0.816. The first-order valence-corrected chi connectivity index (χ1v) is 11.3. The third kappa shape index (κ3) is 4.52. The Morgan fingerprint density at radius 2 is 1.65 bits per heavy atom. The molecule has 0 bridgehead atoms. The van der Waals surface area contributed by atoms with Crippen molar-refractivity contribution in [2.24, 2.45) is 4.99 Å². The van der Waals surface area contributed by atoms with Crippen molar-refractivity contribution in [3.63, 3.8) is 0 Å². The van der Waals surface area contributed by atoms with Gasteiger partial charge in [-0.1, -0.05) is 0 Å². The Balaban J connectivity index is 2.24. The second kappa shape index (κ2) is 7.68. The maximum atomic E-state index is 5.93. The second-order valence-corrected chi connectivity index (χ2v) is 9.62. The van der Waals surface area contributed by atoms with Gasteiger partial charge in [-0.05, 0) is 0 Å². The Morgan fingerprint density at radius 3 is 2.25 bits per heavy atom. The summed E-state index contributed by atoms with van der Waals surface area (Å²) in [4.78, 5) is 4.45. The van der Waals surface area contributed by atoms with Crippen LogP contribution in [0.3, 0.4) is 0 Å². The third-order valence-electron chi connectivity index (χ3n) is 2.61. The molecule has 0 fully saturated rings. The molecule has 0 radical (unpaired) electrons. The van der Waals surface area contributed by atoms with Gasteiger partial charge in [-0.2, -0.15) is 0 Å². The van der Waals surface area contributed by atoms with Gasteiger partial charge in [0.15, 0.2) is 0 Å². The topological polar surface area (TPSA) is 21.6 Å². The first kappa shape index (κ1) is 15.4. The van der Waals surface area contributed by atoms with E-state index >= 15 is 0 Å². The van der Waals surface area contributed by atoms with E-state index in [4.69, 9.17) is 24.1 Å². The van der Waals surface area contributed by atoms with Gasteiger partial charge in [0, 0.05) is 0 Å². The van der Waals surface area contributed by atoms with Crippen molar-refractivity contribution in [3.05, 3.63) is 59.7 Å². The van der Waals surface area contributed by atoms with Crippen LogP contribution in [0.25, 0.3) is 0 Å². The Hall–Kier alpha value is -1.02. The molecule has 0 aromatic heterocycles. The van der Waals surface area contributed by atoms with E-state index in [1.807, 2.05) is 59.4 Å². The molecule has 0 heterocycles. The van der Waals surface area contributed by atoms with Crippen molar-refractivity contribution >= 4 is 35.9 Å². The van der Waals surface area contributed by atoms with E-state index in [1.165, 1.54) is 0 Å². The molecule has 0 aliphatic heterocycles. The van der Waals surface area contributed by atoms with Gasteiger partial charge in [0.25, 0.3) is 0 Å². The first-order valence-electron chi connectivity index (χ1n) is 5.79. The molecule has 2 rings (SSSR count). The molecule has 0 unspecified atom stereocenters. The molecule has 0 aliphatic rings. The van der Waals surface area contributed by atoms with Gasteiger partial charge >= 0.3 is 132 Å². The van der Waals surface area contributed by atoms with Crippen molar-refractivity contribution in [2.75, 3.05) is 7.11 Å². The van der Waals surface area contributed by atoms with E-state index < -0.39 is 13.5 Å². The molecular formula is C15H13Cl2NORu. The normalized spacial score (nSPS) is 11.4. The third-order valence-corrected chi connectivity index (χ3v) is 4.44. The van der Waals surface area contributed by atoms with Crippen LogP contribution in [-0.4, -0.2) is 17.9 Å². The fourth-order valence-corrected chi connectivity index (χ4v) is 3.47. The predicted octanol–water partition coefficient (Wildman–Crippen LogP) is 4.52. The van der Waals surface area contributed by atoms with Crippen LogP contribution >= 0.6 is 19.4 Å². The summed E-state index contributed by atoms with van der Waals surface area (Å²) in [6, 6.07) is 15.5. The summed E-state index contributed by atoms with van der Waals surface area (Å²) >= 11 is -1.83. The van der Waals surface area contributed by atoms with Gasteiger partial charge in [-0.25, -0.2) is 0 Å². The van der Waals surface area contributed by atoms with E-state index in [1.54, 1.807) is 7.11 Å². The van der Waals surface area contributed by atoms with Crippen LogP contribution in [0.15, 0.2) is 53.5 Å². The van der Waals surface area contributed by atoms with Crippen LogP contribution in [0.2, 0.25) is 0 Å². The standard InChI is InChI=1S/C15H13NO.2ClH.Ru/c1-12-5-3-4-6-13(12)11-16-14-7-9-15(17-2)10-8-14;;;/h1,3-11H,2H3;2*1H;/q;;;+2/p-2. The molecule has 0 aliphatic carbocycles. The maximum absolute atomic E-state index is 5.93. The van der Waals surface area contributed by atoms with Gasteiger partial charge in [-0.15, -0.1) is 0 Å². The molecule has 0 saturated carbocycles. The van der Waals surface area contributed by atoms with E-state index in [0.29, 0.717) is 0 Å². The number of halogens is 2. The van der Waals surface area contributed by atoms with E-state index in [0.717, 1.165) is 22.6 Å². The van der Waals surface area contributed by atoms with Crippen molar-refractivity contribution in [1.29, 1.82) is 0 Å². The fourth-order valence-electron chi connectivity index (χ4n) is 1.62. The van der Waals surface area contributed by atoms with Crippen molar-refractivity contribution < 1.29 is 18.3 Å².